The molecule has 1 aliphatic carbocycles. The van der Waals surface area contributed by atoms with Gasteiger partial charge in [0.25, 0.3) is 5.91 Å². The summed E-state index contributed by atoms with van der Waals surface area (Å²) in [5.41, 5.74) is 0.940. The zero-order chi connectivity index (χ0) is 18.9. The van der Waals surface area contributed by atoms with Gasteiger partial charge in [-0.05, 0) is 49.5 Å². The van der Waals surface area contributed by atoms with Gasteiger partial charge in [0, 0.05) is 5.56 Å². The van der Waals surface area contributed by atoms with E-state index in [1.165, 1.54) is 5.56 Å². The molecule has 5 heteroatoms. The third-order valence-corrected chi connectivity index (χ3v) is 6.09. The van der Waals surface area contributed by atoms with Gasteiger partial charge < -0.3 is 5.32 Å². The molecule has 1 unspecified atom stereocenters. The van der Waals surface area contributed by atoms with Crippen molar-refractivity contribution >= 4 is 17.7 Å². The van der Waals surface area contributed by atoms with Crippen molar-refractivity contribution in [3.63, 3.8) is 0 Å². The molecule has 3 rings (SSSR count). The van der Waals surface area contributed by atoms with Crippen LogP contribution in [0.5, 0.6) is 0 Å². The predicted octanol–water partition coefficient (Wildman–Crippen LogP) is 3.88. The molecular weight excluding hydrogens is 328 g/mol. The van der Waals surface area contributed by atoms with E-state index in [0.717, 1.165) is 24.2 Å². The number of ketones is 1. The number of amides is 3. The first kappa shape index (κ1) is 18.6. The molecule has 1 atom stereocenters. The van der Waals surface area contributed by atoms with Gasteiger partial charge >= 0.3 is 6.03 Å². The topological polar surface area (TPSA) is 66.5 Å². The monoisotopic (exact) mass is 356 g/mol. The maximum atomic E-state index is 12.8. The van der Waals surface area contributed by atoms with Crippen molar-refractivity contribution in [3.05, 3.63) is 35.4 Å². The fourth-order valence-corrected chi connectivity index (χ4v) is 3.88. The van der Waals surface area contributed by atoms with E-state index in [2.05, 4.69) is 26.1 Å². The SMILES string of the molecule is CCC(C)c1ccc(C(=O)CN2C(=O)NC3(CCC(C)CC3)C2=O)cc1. The number of carbonyl (C=O) groups excluding carboxylic acids is 3. The summed E-state index contributed by atoms with van der Waals surface area (Å²) in [6.07, 6.45) is 4.20. The lowest BCUT2D eigenvalue weighted by molar-refractivity contribution is -0.132. The molecule has 0 aromatic heterocycles. The smallest absolute Gasteiger partial charge is 0.323 e. The van der Waals surface area contributed by atoms with Gasteiger partial charge in [-0.3, -0.25) is 14.5 Å². The minimum atomic E-state index is -0.787. The Hall–Kier alpha value is -2.17. The third-order valence-electron chi connectivity index (χ3n) is 6.09. The molecule has 0 bridgehead atoms. The molecule has 1 aromatic rings. The van der Waals surface area contributed by atoms with Crippen LogP contribution in [-0.2, 0) is 4.79 Å². The Bertz CT molecular complexity index is 702. The molecule has 2 aliphatic rings. The molecular formula is C21H28N2O3. The largest absolute Gasteiger partial charge is 0.325 e. The zero-order valence-electron chi connectivity index (χ0n) is 15.9. The first-order valence-corrected chi connectivity index (χ1v) is 9.63. The van der Waals surface area contributed by atoms with E-state index in [9.17, 15) is 14.4 Å². The number of hydrogen-bond donors (Lipinski definition) is 1. The number of imide groups is 1. The van der Waals surface area contributed by atoms with E-state index >= 15 is 0 Å². The highest BCUT2D eigenvalue weighted by Gasteiger charge is 2.52. The van der Waals surface area contributed by atoms with E-state index in [4.69, 9.17) is 0 Å². The first-order chi connectivity index (χ1) is 12.4. The summed E-state index contributed by atoms with van der Waals surface area (Å²) in [5, 5.41) is 2.86. The second-order valence-corrected chi connectivity index (χ2v) is 7.94. The molecule has 3 amide bonds. The molecule has 5 nitrogen and oxygen atoms in total. The average Bonchev–Trinajstić information content (AvgIpc) is 2.88. The molecule has 1 heterocycles. The molecule has 26 heavy (non-hydrogen) atoms. The number of rotatable bonds is 5. The van der Waals surface area contributed by atoms with Gasteiger partial charge in [0.2, 0.25) is 0 Å². The van der Waals surface area contributed by atoms with Gasteiger partial charge in [0.1, 0.15) is 5.54 Å². The van der Waals surface area contributed by atoms with E-state index in [0.29, 0.717) is 30.2 Å². The third kappa shape index (κ3) is 3.39. The van der Waals surface area contributed by atoms with Crippen LogP contribution in [0, 0.1) is 5.92 Å². The van der Waals surface area contributed by atoms with Crippen LogP contribution in [0.1, 0.15) is 74.7 Å². The first-order valence-electron chi connectivity index (χ1n) is 9.63. The minimum Gasteiger partial charge on any atom is -0.323 e. The Morgan fingerprint density at radius 2 is 1.85 bits per heavy atom. The molecule has 0 radical (unpaired) electrons. The van der Waals surface area contributed by atoms with E-state index in [-0.39, 0.29) is 18.2 Å². The highest BCUT2D eigenvalue weighted by Crippen LogP contribution is 2.36. The molecule has 1 spiro atoms. The summed E-state index contributed by atoms with van der Waals surface area (Å²) < 4.78 is 0. The van der Waals surface area contributed by atoms with E-state index < -0.39 is 11.6 Å². The Morgan fingerprint density at radius 3 is 2.42 bits per heavy atom. The lowest BCUT2D eigenvalue weighted by atomic mass is 9.77. The van der Waals surface area contributed by atoms with Crippen LogP contribution >= 0.6 is 0 Å². The van der Waals surface area contributed by atoms with Crippen LogP contribution < -0.4 is 5.32 Å². The predicted molar refractivity (Wildman–Crippen MR) is 100 cm³/mol. The van der Waals surface area contributed by atoms with Gasteiger partial charge in [0.15, 0.2) is 5.78 Å². The number of hydrogen-bond acceptors (Lipinski definition) is 3. The lowest BCUT2D eigenvalue weighted by Crippen LogP contribution is -2.49. The average molecular weight is 356 g/mol. The maximum Gasteiger partial charge on any atom is 0.325 e. The van der Waals surface area contributed by atoms with Crippen LogP contribution in [-0.4, -0.2) is 34.7 Å². The lowest BCUT2D eigenvalue weighted by Gasteiger charge is -2.33. The summed E-state index contributed by atoms with van der Waals surface area (Å²) in [4.78, 5) is 38.9. The van der Waals surface area contributed by atoms with Crippen molar-refractivity contribution < 1.29 is 14.4 Å². The summed E-state index contributed by atoms with van der Waals surface area (Å²) in [5.74, 6) is 0.577. The fraction of sp³-hybridized carbons (Fsp3) is 0.571. The van der Waals surface area contributed by atoms with Gasteiger partial charge in [-0.2, -0.15) is 0 Å². The summed E-state index contributed by atoms with van der Waals surface area (Å²) in [6, 6.07) is 7.06. The Balaban J connectivity index is 1.69. The summed E-state index contributed by atoms with van der Waals surface area (Å²) in [7, 11) is 0. The summed E-state index contributed by atoms with van der Waals surface area (Å²) in [6.45, 7) is 6.25. The number of carbonyl (C=O) groups is 3. The van der Waals surface area contributed by atoms with Crippen molar-refractivity contribution in [1.82, 2.24) is 10.2 Å². The Morgan fingerprint density at radius 1 is 1.23 bits per heavy atom. The molecule has 1 aromatic carbocycles. The summed E-state index contributed by atoms with van der Waals surface area (Å²) >= 11 is 0. The molecule has 1 saturated carbocycles. The molecule has 1 N–H and O–H groups in total. The van der Waals surface area contributed by atoms with Crippen molar-refractivity contribution in [3.8, 4) is 0 Å². The molecule has 1 aliphatic heterocycles. The number of Topliss-reactive ketones (excluding diaryl/α,β-unsaturated/α-hetero) is 1. The fourth-order valence-electron chi connectivity index (χ4n) is 3.88. The van der Waals surface area contributed by atoms with Crippen molar-refractivity contribution in [1.29, 1.82) is 0 Å². The van der Waals surface area contributed by atoms with Gasteiger partial charge in [-0.15, -0.1) is 0 Å². The molecule has 2 fully saturated rings. The standard InChI is InChI=1S/C21H28N2O3/c1-4-15(3)16-5-7-17(8-6-16)18(24)13-23-19(25)21(22-20(23)26)11-9-14(2)10-12-21/h5-8,14-15H,4,9-13H2,1-3H3,(H,22,26). The van der Waals surface area contributed by atoms with Crippen LogP contribution in [0.2, 0.25) is 0 Å². The number of benzene rings is 1. The number of nitrogens with one attached hydrogen (secondary N) is 1. The molecule has 140 valence electrons. The second-order valence-electron chi connectivity index (χ2n) is 7.94. The normalized spacial score (nSPS) is 26.9. The Labute approximate surface area is 155 Å². The zero-order valence-corrected chi connectivity index (χ0v) is 15.9. The maximum absolute atomic E-state index is 12.8. The van der Waals surface area contributed by atoms with E-state index in [1.54, 1.807) is 12.1 Å². The van der Waals surface area contributed by atoms with Crippen molar-refractivity contribution in [2.24, 2.45) is 5.92 Å². The van der Waals surface area contributed by atoms with Crippen LogP contribution in [0.25, 0.3) is 0 Å². The number of urea groups is 1. The van der Waals surface area contributed by atoms with Crippen LogP contribution in [0.3, 0.4) is 0 Å². The van der Waals surface area contributed by atoms with Gasteiger partial charge in [0.05, 0.1) is 6.54 Å². The van der Waals surface area contributed by atoms with E-state index in [1.807, 2.05) is 12.1 Å². The highest BCUT2D eigenvalue weighted by molar-refractivity contribution is 6.11. The number of nitrogens with zero attached hydrogens (tertiary/aromatic N) is 1. The quantitative estimate of drug-likeness (QED) is 0.643. The van der Waals surface area contributed by atoms with Crippen molar-refractivity contribution in [2.75, 3.05) is 6.54 Å². The van der Waals surface area contributed by atoms with Crippen LogP contribution in [0.4, 0.5) is 4.79 Å². The molecule has 1 saturated heterocycles. The van der Waals surface area contributed by atoms with Gasteiger partial charge in [-0.25, -0.2) is 4.79 Å². The highest BCUT2D eigenvalue weighted by atomic mass is 16.2. The van der Waals surface area contributed by atoms with Crippen LogP contribution in [0.15, 0.2) is 24.3 Å². The van der Waals surface area contributed by atoms with Gasteiger partial charge in [-0.1, -0.05) is 45.0 Å². The second kappa shape index (κ2) is 7.22. The minimum absolute atomic E-state index is 0.190. The van der Waals surface area contributed by atoms with Crippen molar-refractivity contribution in [2.45, 2.75) is 64.3 Å². The Kier molecular flexibility index (Phi) is 5.17.